The van der Waals surface area contributed by atoms with Crippen LogP contribution < -0.4 is 0 Å². The maximum Gasteiger partial charge on any atom is 0.333 e. The van der Waals surface area contributed by atoms with E-state index in [0.717, 1.165) is 0 Å². The fourth-order valence-electron chi connectivity index (χ4n) is 2.11. The first kappa shape index (κ1) is 20.8. The third-order valence-electron chi connectivity index (χ3n) is 3.93. The van der Waals surface area contributed by atoms with Gasteiger partial charge in [0.15, 0.2) is 6.29 Å². The highest BCUT2D eigenvalue weighted by molar-refractivity contribution is 5.87. The SMILES string of the molecule is C=C[C@@](C)(O)CC/C=C(\C)C(=O)OC[C@H]1OC(O)[C@H](O)[C@@H](O)[C@@H]1O. The van der Waals surface area contributed by atoms with Crippen LogP contribution in [0.3, 0.4) is 0 Å². The lowest BCUT2D eigenvalue weighted by molar-refractivity contribution is -0.287. The third-order valence-corrected chi connectivity index (χ3v) is 3.93. The summed E-state index contributed by atoms with van der Waals surface area (Å²) in [6.45, 7) is 6.26. The molecule has 8 heteroatoms. The molecule has 0 aromatic rings. The molecule has 0 aromatic heterocycles. The van der Waals surface area contributed by atoms with Crippen LogP contribution in [0.5, 0.6) is 0 Å². The first-order chi connectivity index (χ1) is 11.1. The van der Waals surface area contributed by atoms with Crippen molar-refractivity contribution in [2.24, 2.45) is 0 Å². The Labute approximate surface area is 140 Å². The van der Waals surface area contributed by atoms with E-state index < -0.39 is 48.9 Å². The highest BCUT2D eigenvalue weighted by atomic mass is 16.6. The molecule has 8 nitrogen and oxygen atoms in total. The number of hydrogen-bond donors (Lipinski definition) is 5. The fraction of sp³-hybridized carbons (Fsp3) is 0.688. The van der Waals surface area contributed by atoms with Gasteiger partial charge >= 0.3 is 5.97 Å². The predicted molar refractivity (Wildman–Crippen MR) is 83.7 cm³/mol. The van der Waals surface area contributed by atoms with Gasteiger partial charge in [-0.1, -0.05) is 12.2 Å². The zero-order valence-electron chi connectivity index (χ0n) is 13.8. The molecule has 0 radical (unpaired) electrons. The molecule has 0 aromatic carbocycles. The van der Waals surface area contributed by atoms with Gasteiger partial charge in [0, 0.05) is 5.57 Å². The second-order valence-electron chi connectivity index (χ2n) is 6.12. The molecule has 24 heavy (non-hydrogen) atoms. The van der Waals surface area contributed by atoms with Crippen LogP contribution in [-0.2, 0) is 14.3 Å². The largest absolute Gasteiger partial charge is 0.459 e. The van der Waals surface area contributed by atoms with E-state index in [1.165, 1.54) is 13.0 Å². The average Bonchev–Trinajstić information content (AvgIpc) is 2.54. The van der Waals surface area contributed by atoms with Crippen LogP contribution in [0.25, 0.3) is 0 Å². The molecule has 1 fully saturated rings. The Morgan fingerprint density at radius 2 is 1.88 bits per heavy atom. The van der Waals surface area contributed by atoms with Gasteiger partial charge in [-0.2, -0.15) is 0 Å². The van der Waals surface area contributed by atoms with Crippen LogP contribution >= 0.6 is 0 Å². The van der Waals surface area contributed by atoms with Crippen molar-refractivity contribution in [3.8, 4) is 0 Å². The van der Waals surface area contributed by atoms with Crippen molar-refractivity contribution in [2.45, 2.75) is 63.0 Å². The second kappa shape index (κ2) is 8.70. The molecule has 1 saturated heterocycles. The minimum atomic E-state index is -1.68. The van der Waals surface area contributed by atoms with Gasteiger partial charge in [-0.15, -0.1) is 6.58 Å². The van der Waals surface area contributed by atoms with Crippen LogP contribution in [0.15, 0.2) is 24.3 Å². The van der Waals surface area contributed by atoms with Crippen LogP contribution in [0.4, 0.5) is 0 Å². The molecule has 0 amide bonds. The van der Waals surface area contributed by atoms with Gasteiger partial charge in [0.1, 0.15) is 31.0 Å². The molecule has 0 saturated carbocycles. The maximum atomic E-state index is 11.9. The molecule has 1 aliphatic heterocycles. The molecule has 5 N–H and O–H groups in total. The Kier molecular flexibility index (Phi) is 7.53. The van der Waals surface area contributed by atoms with E-state index in [1.54, 1.807) is 13.0 Å². The van der Waals surface area contributed by atoms with Gasteiger partial charge in [0.25, 0.3) is 0 Å². The van der Waals surface area contributed by atoms with Crippen molar-refractivity contribution in [2.75, 3.05) is 6.61 Å². The third kappa shape index (κ3) is 5.66. The standard InChI is InChI=1S/C16H26O8/c1-4-16(3,22)7-5-6-9(2)14(20)23-8-10-11(17)12(18)13(19)15(21)24-10/h4,6,10-13,15,17-19,21-22H,1,5,7-8H2,2-3H3/b9-6+/t10-,11-,12+,13-,15?,16-/m1/s1. The molecular formula is C16H26O8. The first-order valence-corrected chi connectivity index (χ1v) is 7.66. The summed E-state index contributed by atoms with van der Waals surface area (Å²) in [7, 11) is 0. The molecule has 1 heterocycles. The van der Waals surface area contributed by atoms with E-state index in [4.69, 9.17) is 9.47 Å². The Balaban J connectivity index is 2.48. The number of allylic oxidation sites excluding steroid dienone is 1. The molecule has 138 valence electrons. The molecule has 6 atom stereocenters. The van der Waals surface area contributed by atoms with Crippen LogP contribution in [-0.4, -0.2) is 74.4 Å². The van der Waals surface area contributed by atoms with Gasteiger partial charge in [0.05, 0.1) is 5.60 Å². The smallest absolute Gasteiger partial charge is 0.333 e. The van der Waals surface area contributed by atoms with Crippen LogP contribution in [0.1, 0.15) is 26.7 Å². The lowest BCUT2D eigenvalue weighted by Gasteiger charge is -2.37. The minimum absolute atomic E-state index is 0.307. The summed E-state index contributed by atoms with van der Waals surface area (Å²) in [6.07, 6.45) is -3.72. The van der Waals surface area contributed by atoms with Crippen molar-refractivity contribution >= 4 is 5.97 Å². The Morgan fingerprint density at radius 1 is 1.25 bits per heavy atom. The van der Waals surface area contributed by atoms with Crippen LogP contribution in [0.2, 0.25) is 0 Å². The van der Waals surface area contributed by atoms with Crippen molar-refractivity contribution < 1.29 is 39.8 Å². The van der Waals surface area contributed by atoms with Crippen molar-refractivity contribution in [3.63, 3.8) is 0 Å². The van der Waals surface area contributed by atoms with E-state index in [0.29, 0.717) is 18.4 Å². The van der Waals surface area contributed by atoms with Crippen LogP contribution in [0, 0.1) is 0 Å². The van der Waals surface area contributed by atoms with E-state index in [2.05, 4.69) is 6.58 Å². The number of ether oxygens (including phenoxy) is 2. The molecule has 0 bridgehead atoms. The lowest BCUT2D eigenvalue weighted by atomic mass is 9.99. The van der Waals surface area contributed by atoms with E-state index >= 15 is 0 Å². The predicted octanol–water partition coefficient (Wildman–Crippen LogP) is -1.01. The minimum Gasteiger partial charge on any atom is -0.459 e. The Bertz CT molecular complexity index is 473. The number of hydrogen-bond acceptors (Lipinski definition) is 8. The fourth-order valence-corrected chi connectivity index (χ4v) is 2.11. The molecule has 0 aliphatic carbocycles. The summed E-state index contributed by atoms with van der Waals surface area (Å²) in [6, 6.07) is 0. The van der Waals surface area contributed by atoms with Crippen molar-refractivity contribution in [3.05, 3.63) is 24.3 Å². The van der Waals surface area contributed by atoms with Gasteiger partial charge in [-0.3, -0.25) is 0 Å². The number of rotatable bonds is 7. The molecular weight excluding hydrogens is 320 g/mol. The van der Waals surface area contributed by atoms with Crippen molar-refractivity contribution in [1.29, 1.82) is 0 Å². The quantitative estimate of drug-likeness (QED) is 0.225. The van der Waals surface area contributed by atoms with E-state index in [-0.39, 0.29) is 0 Å². The normalized spacial score (nSPS) is 33.6. The average molecular weight is 346 g/mol. The molecule has 1 rings (SSSR count). The summed E-state index contributed by atoms with van der Waals surface area (Å²) in [4.78, 5) is 11.9. The topological polar surface area (TPSA) is 137 Å². The Morgan fingerprint density at radius 3 is 2.46 bits per heavy atom. The number of aliphatic hydroxyl groups is 5. The van der Waals surface area contributed by atoms with Gasteiger partial charge in [-0.05, 0) is 26.7 Å². The summed E-state index contributed by atoms with van der Waals surface area (Å²) < 4.78 is 9.88. The number of aliphatic hydroxyl groups excluding tert-OH is 4. The molecule has 1 unspecified atom stereocenters. The van der Waals surface area contributed by atoms with Gasteiger partial charge in [0.2, 0.25) is 0 Å². The highest BCUT2D eigenvalue weighted by Gasteiger charge is 2.43. The summed E-state index contributed by atoms with van der Waals surface area (Å²) in [5, 5.41) is 47.8. The van der Waals surface area contributed by atoms with Gasteiger partial charge < -0.3 is 35.0 Å². The summed E-state index contributed by atoms with van der Waals surface area (Å²) in [5.41, 5.74) is -0.713. The van der Waals surface area contributed by atoms with E-state index in [1.807, 2.05) is 0 Å². The Hall–Kier alpha value is -1.29. The number of esters is 1. The number of carbonyl (C=O) groups is 1. The summed E-state index contributed by atoms with van der Waals surface area (Å²) >= 11 is 0. The highest BCUT2D eigenvalue weighted by Crippen LogP contribution is 2.20. The molecule has 1 aliphatic rings. The number of carbonyl (C=O) groups excluding carboxylic acids is 1. The monoisotopic (exact) mass is 346 g/mol. The van der Waals surface area contributed by atoms with Gasteiger partial charge in [-0.25, -0.2) is 4.79 Å². The molecule has 0 spiro atoms. The van der Waals surface area contributed by atoms with E-state index in [9.17, 15) is 30.3 Å². The summed E-state index contributed by atoms with van der Waals surface area (Å²) in [5.74, 6) is -0.654. The second-order valence-corrected chi connectivity index (χ2v) is 6.12. The first-order valence-electron chi connectivity index (χ1n) is 7.66. The zero-order chi connectivity index (χ0) is 18.5. The maximum absolute atomic E-state index is 11.9. The van der Waals surface area contributed by atoms with Crippen molar-refractivity contribution in [1.82, 2.24) is 0 Å². The lowest BCUT2D eigenvalue weighted by Crippen LogP contribution is -2.58. The zero-order valence-corrected chi connectivity index (χ0v) is 13.8.